The quantitative estimate of drug-likeness (QED) is 0.637. The lowest BCUT2D eigenvalue weighted by Gasteiger charge is -2.13. The van der Waals surface area contributed by atoms with Crippen molar-refractivity contribution in [3.8, 4) is 28.7 Å². The number of hydrogen-bond acceptors (Lipinski definition) is 5. The number of fused-ring (bicyclic) bond motifs is 1. The summed E-state index contributed by atoms with van der Waals surface area (Å²) in [7, 11) is 3.10. The third-order valence-corrected chi connectivity index (χ3v) is 4.89. The number of methoxy groups -OCH3 is 2. The Morgan fingerprint density at radius 1 is 0.967 bits per heavy atom. The molecule has 0 fully saturated rings. The molecule has 1 heterocycles. The Labute approximate surface area is 175 Å². The molecule has 4 rings (SSSR count). The molecule has 154 valence electrons. The predicted molar refractivity (Wildman–Crippen MR) is 113 cm³/mol. The van der Waals surface area contributed by atoms with Gasteiger partial charge in [0.25, 0.3) is 5.91 Å². The number of amides is 1. The number of para-hydroxylation sites is 1. The number of hydrogen-bond donors (Lipinski definition) is 1. The molecular formula is C24H23NO5. The highest BCUT2D eigenvalue weighted by atomic mass is 16.5. The van der Waals surface area contributed by atoms with E-state index in [2.05, 4.69) is 5.32 Å². The molecule has 0 bridgehead atoms. The van der Waals surface area contributed by atoms with Gasteiger partial charge in [0.15, 0.2) is 11.5 Å². The van der Waals surface area contributed by atoms with Gasteiger partial charge in [0, 0.05) is 17.5 Å². The van der Waals surface area contributed by atoms with Crippen molar-refractivity contribution in [3.63, 3.8) is 0 Å². The van der Waals surface area contributed by atoms with E-state index in [1.807, 2.05) is 48.5 Å². The minimum atomic E-state index is -0.191. The fourth-order valence-electron chi connectivity index (χ4n) is 3.38. The summed E-state index contributed by atoms with van der Waals surface area (Å²) < 4.78 is 22.3. The molecule has 3 aromatic rings. The maximum atomic E-state index is 12.5. The number of nitrogens with one attached hydrogen (secondary N) is 1. The Bertz CT molecular complexity index is 1040. The van der Waals surface area contributed by atoms with Gasteiger partial charge in [0.1, 0.15) is 23.4 Å². The lowest BCUT2D eigenvalue weighted by molar-refractivity contribution is 0.0933. The Hall–Kier alpha value is -3.67. The molecule has 1 aliphatic rings. The third kappa shape index (κ3) is 4.33. The maximum Gasteiger partial charge on any atom is 0.251 e. The number of rotatable bonds is 7. The first-order valence-electron chi connectivity index (χ1n) is 9.69. The molecule has 30 heavy (non-hydrogen) atoms. The Kier molecular flexibility index (Phi) is 5.75. The smallest absolute Gasteiger partial charge is 0.251 e. The molecule has 0 aliphatic carbocycles. The predicted octanol–water partition coefficient (Wildman–Crippen LogP) is 4.23. The molecule has 6 nitrogen and oxygen atoms in total. The number of carbonyl (C=O) groups excluding carboxylic acids is 1. The van der Waals surface area contributed by atoms with Gasteiger partial charge in [-0.2, -0.15) is 0 Å². The zero-order valence-electron chi connectivity index (χ0n) is 16.9. The molecule has 6 heteroatoms. The lowest BCUT2D eigenvalue weighted by atomic mass is 10.1. The van der Waals surface area contributed by atoms with E-state index in [9.17, 15) is 4.79 Å². The van der Waals surface area contributed by atoms with Crippen molar-refractivity contribution in [2.45, 2.75) is 12.5 Å². The summed E-state index contributed by atoms with van der Waals surface area (Å²) in [6.07, 6.45) is 0.573. The van der Waals surface area contributed by atoms with Crippen LogP contribution in [0, 0.1) is 0 Å². The molecule has 1 amide bonds. The molecule has 0 spiro atoms. The van der Waals surface area contributed by atoms with Gasteiger partial charge in [-0.3, -0.25) is 4.79 Å². The van der Waals surface area contributed by atoms with Crippen LogP contribution in [-0.4, -0.2) is 32.8 Å². The van der Waals surface area contributed by atoms with E-state index in [0.29, 0.717) is 30.0 Å². The van der Waals surface area contributed by atoms with Crippen molar-refractivity contribution >= 4 is 5.91 Å². The average molecular weight is 405 g/mol. The molecule has 1 unspecified atom stereocenters. The monoisotopic (exact) mass is 405 g/mol. The molecule has 0 radical (unpaired) electrons. The highest BCUT2D eigenvalue weighted by molar-refractivity contribution is 5.94. The number of carbonyl (C=O) groups is 1. The van der Waals surface area contributed by atoms with E-state index in [1.165, 1.54) is 0 Å². The SMILES string of the molecule is COc1ccc(C(=O)NCC2Cc3cc(Oc4ccccc4)ccc3O2)cc1OC. The molecular weight excluding hydrogens is 382 g/mol. The highest BCUT2D eigenvalue weighted by Crippen LogP contribution is 2.33. The number of ether oxygens (including phenoxy) is 4. The van der Waals surface area contributed by atoms with Gasteiger partial charge in [-0.25, -0.2) is 0 Å². The second-order valence-corrected chi connectivity index (χ2v) is 6.91. The van der Waals surface area contributed by atoms with Gasteiger partial charge >= 0.3 is 0 Å². The van der Waals surface area contributed by atoms with Gasteiger partial charge in [0.2, 0.25) is 0 Å². The fourth-order valence-corrected chi connectivity index (χ4v) is 3.38. The summed E-state index contributed by atoms with van der Waals surface area (Å²) in [5.74, 6) is 3.27. The normalized spacial score (nSPS) is 14.4. The summed E-state index contributed by atoms with van der Waals surface area (Å²) in [6, 6.07) is 20.5. The first-order valence-corrected chi connectivity index (χ1v) is 9.69. The van der Waals surface area contributed by atoms with Crippen LogP contribution in [0.25, 0.3) is 0 Å². The van der Waals surface area contributed by atoms with Crippen LogP contribution >= 0.6 is 0 Å². The second-order valence-electron chi connectivity index (χ2n) is 6.91. The van der Waals surface area contributed by atoms with E-state index in [1.54, 1.807) is 32.4 Å². The van der Waals surface area contributed by atoms with Crippen molar-refractivity contribution < 1.29 is 23.7 Å². The van der Waals surface area contributed by atoms with Crippen LogP contribution in [0.4, 0.5) is 0 Å². The van der Waals surface area contributed by atoms with Gasteiger partial charge < -0.3 is 24.3 Å². The Morgan fingerprint density at radius 3 is 2.53 bits per heavy atom. The Morgan fingerprint density at radius 2 is 1.77 bits per heavy atom. The van der Waals surface area contributed by atoms with Crippen molar-refractivity contribution in [2.75, 3.05) is 20.8 Å². The molecule has 0 saturated heterocycles. The molecule has 3 aromatic carbocycles. The van der Waals surface area contributed by atoms with E-state index < -0.39 is 0 Å². The van der Waals surface area contributed by atoms with E-state index in [-0.39, 0.29) is 12.0 Å². The van der Waals surface area contributed by atoms with Crippen LogP contribution in [-0.2, 0) is 6.42 Å². The van der Waals surface area contributed by atoms with Crippen LogP contribution in [0.1, 0.15) is 15.9 Å². The number of benzene rings is 3. The molecule has 1 N–H and O–H groups in total. The molecule has 1 aliphatic heterocycles. The average Bonchev–Trinajstić information content (AvgIpc) is 3.20. The van der Waals surface area contributed by atoms with Crippen LogP contribution in [0.5, 0.6) is 28.7 Å². The molecule has 0 saturated carbocycles. The largest absolute Gasteiger partial charge is 0.493 e. The minimum Gasteiger partial charge on any atom is -0.493 e. The van der Waals surface area contributed by atoms with Crippen molar-refractivity contribution in [3.05, 3.63) is 77.9 Å². The van der Waals surface area contributed by atoms with E-state index in [0.717, 1.165) is 22.8 Å². The van der Waals surface area contributed by atoms with Crippen LogP contribution in [0.3, 0.4) is 0 Å². The summed E-state index contributed by atoms with van der Waals surface area (Å²) in [6.45, 7) is 0.400. The summed E-state index contributed by atoms with van der Waals surface area (Å²) in [5, 5.41) is 2.93. The van der Waals surface area contributed by atoms with Crippen molar-refractivity contribution in [1.29, 1.82) is 0 Å². The highest BCUT2D eigenvalue weighted by Gasteiger charge is 2.24. The lowest BCUT2D eigenvalue weighted by Crippen LogP contribution is -2.34. The molecule has 0 aromatic heterocycles. The van der Waals surface area contributed by atoms with Gasteiger partial charge in [-0.15, -0.1) is 0 Å². The summed E-state index contributed by atoms with van der Waals surface area (Å²) >= 11 is 0. The zero-order chi connectivity index (χ0) is 20.9. The summed E-state index contributed by atoms with van der Waals surface area (Å²) in [4.78, 5) is 12.5. The van der Waals surface area contributed by atoms with E-state index >= 15 is 0 Å². The maximum absolute atomic E-state index is 12.5. The minimum absolute atomic E-state index is 0.129. The first-order chi connectivity index (χ1) is 14.7. The van der Waals surface area contributed by atoms with Crippen LogP contribution in [0.2, 0.25) is 0 Å². The topological polar surface area (TPSA) is 66.0 Å². The first kappa shape index (κ1) is 19.6. The van der Waals surface area contributed by atoms with Gasteiger partial charge in [-0.1, -0.05) is 18.2 Å². The van der Waals surface area contributed by atoms with E-state index in [4.69, 9.17) is 18.9 Å². The third-order valence-electron chi connectivity index (χ3n) is 4.89. The van der Waals surface area contributed by atoms with Crippen LogP contribution in [0.15, 0.2) is 66.7 Å². The van der Waals surface area contributed by atoms with Crippen LogP contribution < -0.4 is 24.3 Å². The fraction of sp³-hybridized carbons (Fsp3) is 0.208. The zero-order valence-corrected chi connectivity index (χ0v) is 16.9. The summed E-state index contributed by atoms with van der Waals surface area (Å²) in [5.41, 5.74) is 1.57. The second kappa shape index (κ2) is 8.78. The molecule has 1 atom stereocenters. The Balaban J connectivity index is 1.35. The van der Waals surface area contributed by atoms with Crippen molar-refractivity contribution in [1.82, 2.24) is 5.32 Å². The van der Waals surface area contributed by atoms with Gasteiger partial charge in [0.05, 0.1) is 20.8 Å². The standard InChI is InChI=1S/C24H23NO5/c1-27-22-10-8-16(14-23(22)28-2)24(26)25-15-20-13-17-12-19(9-11-21(17)30-20)29-18-6-4-3-5-7-18/h3-12,14,20H,13,15H2,1-2H3,(H,25,26). The van der Waals surface area contributed by atoms with Gasteiger partial charge in [-0.05, 0) is 48.5 Å². The van der Waals surface area contributed by atoms with Crippen molar-refractivity contribution in [2.24, 2.45) is 0 Å².